The van der Waals surface area contributed by atoms with E-state index in [9.17, 15) is 9.90 Å². The van der Waals surface area contributed by atoms with Gasteiger partial charge in [0.1, 0.15) is 0 Å². The van der Waals surface area contributed by atoms with Gasteiger partial charge < -0.3 is 15.7 Å². The highest BCUT2D eigenvalue weighted by molar-refractivity contribution is 7.80. The van der Waals surface area contributed by atoms with Crippen LogP contribution in [0.4, 0.5) is 0 Å². The van der Waals surface area contributed by atoms with Crippen molar-refractivity contribution in [2.24, 2.45) is 11.1 Å². The van der Waals surface area contributed by atoms with Crippen LogP contribution in [0.3, 0.4) is 0 Å². The lowest BCUT2D eigenvalue weighted by molar-refractivity contribution is -0.142. The van der Waals surface area contributed by atoms with Crippen molar-refractivity contribution in [2.75, 3.05) is 13.2 Å². The number of hydrogen-bond acceptors (Lipinski definition) is 3. The van der Waals surface area contributed by atoms with Gasteiger partial charge in [-0.15, -0.1) is 0 Å². The zero-order chi connectivity index (χ0) is 14.6. The summed E-state index contributed by atoms with van der Waals surface area (Å²) in [5.74, 6) is 0.0747. The molecular formula is C15H26N2O2S. The van der Waals surface area contributed by atoms with E-state index in [0.29, 0.717) is 11.5 Å². The van der Waals surface area contributed by atoms with Gasteiger partial charge in [0.05, 0.1) is 17.0 Å². The zero-order valence-corrected chi connectivity index (χ0v) is 13.0. The molecule has 2 aliphatic carbocycles. The van der Waals surface area contributed by atoms with E-state index in [1.165, 1.54) is 12.8 Å². The molecule has 0 radical (unpaired) electrons. The first-order valence-corrected chi connectivity index (χ1v) is 8.24. The van der Waals surface area contributed by atoms with Gasteiger partial charge in [0, 0.05) is 12.6 Å². The standard InChI is InChI=1S/C15H26N2O2S/c16-13(20)15(8-4-1-5-9-15)14(19)17(10-11-18)12-6-2-3-7-12/h12,18H,1-11H2,(H2,16,20). The summed E-state index contributed by atoms with van der Waals surface area (Å²) in [4.78, 5) is 15.3. The summed E-state index contributed by atoms with van der Waals surface area (Å²) in [7, 11) is 0. The Morgan fingerprint density at radius 1 is 1.20 bits per heavy atom. The van der Waals surface area contributed by atoms with Crippen molar-refractivity contribution < 1.29 is 9.90 Å². The molecule has 2 fully saturated rings. The molecule has 2 rings (SSSR count). The lowest BCUT2D eigenvalue weighted by Gasteiger charge is -2.41. The fourth-order valence-corrected chi connectivity index (χ4v) is 4.06. The van der Waals surface area contributed by atoms with Crippen molar-refractivity contribution >= 4 is 23.1 Å². The van der Waals surface area contributed by atoms with Crippen molar-refractivity contribution in [3.63, 3.8) is 0 Å². The molecule has 0 unspecified atom stereocenters. The van der Waals surface area contributed by atoms with E-state index in [0.717, 1.165) is 44.9 Å². The van der Waals surface area contributed by atoms with E-state index in [4.69, 9.17) is 18.0 Å². The first-order chi connectivity index (χ1) is 9.62. The van der Waals surface area contributed by atoms with E-state index in [2.05, 4.69) is 0 Å². The second-order valence-corrected chi connectivity index (χ2v) is 6.61. The van der Waals surface area contributed by atoms with E-state index >= 15 is 0 Å². The Labute approximate surface area is 126 Å². The van der Waals surface area contributed by atoms with Crippen molar-refractivity contribution in [1.82, 2.24) is 4.90 Å². The Balaban J connectivity index is 2.20. The summed E-state index contributed by atoms with van der Waals surface area (Å²) in [6, 6.07) is 0.266. The summed E-state index contributed by atoms with van der Waals surface area (Å²) in [6.45, 7) is 0.420. The molecule has 0 aromatic carbocycles. The number of nitrogens with two attached hydrogens (primary N) is 1. The minimum atomic E-state index is -0.647. The molecule has 0 spiro atoms. The Hall–Kier alpha value is -0.680. The summed E-state index contributed by atoms with van der Waals surface area (Å²) in [5.41, 5.74) is 5.31. The second-order valence-electron chi connectivity index (χ2n) is 6.17. The first kappa shape index (κ1) is 15.7. The maximum atomic E-state index is 13.1. The largest absolute Gasteiger partial charge is 0.395 e. The molecule has 4 nitrogen and oxygen atoms in total. The highest BCUT2D eigenvalue weighted by Crippen LogP contribution is 2.40. The van der Waals surface area contributed by atoms with Crippen molar-refractivity contribution in [3.8, 4) is 0 Å². The van der Waals surface area contributed by atoms with Crippen molar-refractivity contribution in [3.05, 3.63) is 0 Å². The molecule has 0 aliphatic heterocycles. The van der Waals surface area contributed by atoms with Crippen molar-refractivity contribution in [1.29, 1.82) is 0 Å². The number of thiocarbonyl (C=S) groups is 1. The van der Waals surface area contributed by atoms with E-state index < -0.39 is 5.41 Å². The minimum absolute atomic E-state index is 0.00958. The molecule has 0 saturated heterocycles. The average molecular weight is 298 g/mol. The number of aliphatic hydroxyl groups is 1. The van der Waals surface area contributed by atoms with Gasteiger partial charge >= 0.3 is 0 Å². The molecule has 20 heavy (non-hydrogen) atoms. The number of nitrogens with zero attached hydrogens (tertiary/aromatic N) is 1. The fraction of sp³-hybridized carbons (Fsp3) is 0.867. The van der Waals surface area contributed by atoms with Gasteiger partial charge in [0.25, 0.3) is 0 Å². The lowest BCUT2D eigenvalue weighted by Crippen LogP contribution is -2.54. The zero-order valence-electron chi connectivity index (χ0n) is 12.1. The van der Waals surface area contributed by atoms with Crippen LogP contribution in [0.5, 0.6) is 0 Å². The SMILES string of the molecule is NC(=S)C1(C(=O)N(CCO)C2CCCC2)CCCCC1. The number of amides is 1. The smallest absolute Gasteiger partial charge is 0.235 e. The average Bonchev–Trinajstić information content (AvgIpc) is 2.98. The van der Waals surface area contributed by atoms with Crippen LogP contribution in [0.25, 0.3) is 0 Å². The molecular weight excluding hydrogens is 272 g/mol. The van der Waals surface area contributed by atoms with Crippen LogP contribution in [0.2, 0.25) is 0 Å². The Morgan fingerprint density at radius 2 is 1.80 bits per heavy atom. The predicted octanol–water partition coefficient (Wildman–Crippen LogP) is 1.99. The number of aliphatic hydroxyl groups excluding tert-OH is 1. The highest BCUT2D eigenvalue weighted by atomic mass is 32.1. The maximum absolute atomic E-state index is 13.1. The van der Waals surface area contributed by atoms with Crippen LogP contribution in [-0.4, -0.2) is 40.1 Å². The van der Waals surface area contributed by atoms with Gasteiger partial charge in [0.2, 0.25) is 5.91 Å². The molecule has 0 aromatic rings. The summed E-state index contributed by atoms with van der Waals surface area (Å²) >= 11 is 5.25. The van der Waals surface area contributed by atoms with Crippen LogP contribution in [0.15, 0.2) is 0 Å². The van der Waals surface area contributed by atoms with E-state index in [1.54, 1.807) is 0 Å². The molecule has 2 saturated carbocycles. The van der Waals surface area contributed by atoms with Crippen LogP contribution >= 0.6 is 12.2 Å². The third-order valence-corrected chi connectivity index (χ3v) is 5.35. The van der Waals surface area contributed by atoms with E-state index in [1.807, 2.05) is 4.90 Å². The normalized spacial score (nSPS) is 22.6. The topological polar surface area (TPSA) is 66.6 Å². The van der Waals surface area contributed by atoms with Crippen LogP contribution < -0.4 is 5.73 Å². The molecule has 2 aliphatic rings. The summed E-state index contributed by atoms with van der Waals surface area (Å²) in [6.07, 6.45) is 9.15. The molecule has 0 heterocycles. The number of carbonyl (C=O) groups is 1. The maximum Gasteiger partial charge on any atom is 0.235 e. The highest BCUT2D eigenvalue weighted by Gasteiger charge is 2.46. The molecule has 0 bridgehead atoms. The van der Waals surface area contributed by atoms with Gasteiger partial charge in [-0.25, -0.2) is 0 Å². The quantitative estimate of drug-likeness (QED) is 0.762. The van der Waals surface area contributed by atoms with Crippen LogP contribution in [0.1, 0.15) is 57.8 Å². The monoisotopic (exact) mass is 298 g/mol. The van der Waals surface area contributed by atoms with Crippen LogP contribution in [-0.2, 0) is 4.79 Å². The molecule has 114 valence electrons. The Kier molecular flexibility index (Phi) is 5.38. The van der Waals surface area contributed by atoms with E-state index in [-0.39, 0.29) is 18.6 Å². The van der Waals surface area contributed by atoms with Gasteiger partial charge in [-0.3, -0.25) is 4.79 Å². The molecule has 0 atom stereocenters. The molecule has 3 N–H and O–H groups in total. The second kappa shape index (κ2) is 6.85. The molecule has 1 amide bonds. The van der Waals surface area contributed by atoms with Gasteiger partial charge in [-0.05, 0) is 25.7 Å². The summed E-state index contributed by atoms with van der Waals surface area (Å²) < 4.78 is 0. The lowest BCUT2D eigenvalue weighted by atomic mass is 9.72. The van der Waals surface area contributed by atoms with Crippen LogP contribution in [0, 0.1) is 5.41 Å². The first-order valence-electron chi connectivity index (χ1n) is 7.83. The Morgan fingerprint density at radius 3 is 2.30 bits per heavy atom. The number of carbonyl (C=O) groups excluding carboxylic acids is 1. The third-order valence-electron chi connectivity index (χ3n) is 4.96. The summed E-state index contributed by atoms with van der Waals surface area (Å²) in [5, 5.41) is 9.31. The number of rotatable bonds is 5. The molecule has 5 heteroatoms. The minimum Gasteiger partial charge on any atom is -0.395 e. The van der Waals surface area contributed by atoms with Gasteiger partial charge in [0.15, 0.2) is 0 Å². The Bertz CT molecular complexity index is 361. The van der Waals surface area contributed by atoms with Gasteiger partial charge in [-0.1, -0.05) is 44.3 Å². The molecule has 0 aromatic heterocycles. The predicted molar refractivity (Wildman–Crippen MR) is 83.4 cm³/mol. The fourth-order valence-electron chi connectivity index (χ4n) is 3.77. The van der Waals surface area contributed by atoms with Gasteiger partial charge in [-0.2, -0.15) is 0 Å². The number of hydrogen-bond donors (Lipinski definition) is 2. The third kappa shape index (κ3) is 2.98. The van der Waals surface area contributed by atoms with Crippen molar-refractivity contribution in [2.45, 2.75) is 63.8 Å².